The molecule has 1 aromatic rings. The second-order valence-corrected chi connectivity index (χ2v) is 4.55. The highest BCUT2D eigenvalue weighted by molar-refractivity contribution is 5.33. The van der Waals surface area contributed by atoms with Crippen LogP contribution in [-0.2, 0) is 5.41 Å². The van der Waals surface area contributed by atoms with Crippen molar-refractivity contribution in [2.75, 3.05) is 0 Å². The maximum atomic E-state index is 2.29. The molecule has 0 atom stereocenters. The van der Waals surface area contributed by atoms with Crippen LogP contribution >= 0.6 is 0 Å². The number of hydrogen-bond donors (Lipinski definition) is 0. The molecule has 94 valence electrons. The Morgan fingerprint density at radius 3 is 1.50 bits per heavy atom. The third-order valence-corrected chi connectivity index (χ3v) is 2.37. The largest absolute Gasteiger partial charge is 0.0683 e. The highest BCUT2D eigenvalue weighted by atomic mass is 14.2. The van der Waals surface area contributed by atoms with Crippen LogP contribution in [0.25, 0.3) is 0 Å². The molecule has 0 radical (unpaired) electrons. The second kappa shape index (κ2) is 8.38. The SMILES string of the molecule is CC.CC.Cc1ccc(C(C)(C)C)cc1C. The summed E-state index contributed by atoms with van der Waals surface area (Å²) in [6.07, 6.45) is 0. The van der Waals surface area contributed by atoms with E-state index in [0.717, 1.165) is 0 Å². The van der Waals surface area contributed by atoms with E-state index in [2.05, 4.69) is 52.8 Å². The molecule has 0 saturated carbocycles. The number of benzene rings is 1. The predicted octanol–water partition coefficient (Wildman–Crippen LogP) is 5.65. The summed E-state index contributed by atoms with van der Waals surface area (Å²) in [6.45, 7) is 19.1. The summed E-state index contributed by atoms with van der Waals surface area (Å²) in [7, 11) is 0. The Bertz CT molecular complexity index is 277. The van der Waals surface area contributed by atoms with Gasteiger partial charge >= 0.3 is 0 Å². The molecule has 0 bridgehead atoms. The standard InChI is InChI=1S/C12H18.2C2H6/c1-9-6-7-11(8-10(9)2)12(3,4)5;2*1-2/h6-8H,1-5H3;2*1-2H3. The minimum Gasteiger partial charge on any atom is -0.0683 e. The molecule has 0 unspecified atom stereocenters. The van der Waals surface area contributed by atoms with Gasteiger partial charge in [-0.05, 0) is 36.0 Å². The topological polar surface area (TPSA) is 0 Å². The van der Waals surface area contributed by atoms with Crippen molar-refractivity contribution in [1.29, 1.82) is 0 Å². The van der Waals surface area contributed by atoms with Gasteiger partial charge in [0.1, 0.15) is 0 Å². The van der Waals surface area contributed by atoms with Gasteiger partial charge in [-0.3, -0.25) is 0 Å². The van der Waals surface area contributed by atoms with E-state index in [1.54, 1.807) is 0 Å². The van der Waals surface area contributed by atoms with Crippen molar-refractivity contribution in [2.24, 2.45) is 0 Å². The zero-order chi connectivity index (χ0) is 13.4. The zero-order valence-corrected chi connectivity index (χ0v) is 12.7. The van der Waals surface area contributed by atoms with E-state index in [4.69, 9.17) is 0 Å². The Balaban J connectivity index is 0. The van der Waals surface area contributed by atoms with E-state index in [-0.39, 0.29) is 5.41 Å². The summed E-state index contributed by atoms with van der Waals surface area (Å²) >= 11 is 0. The Kier molecular flexibility index (Phi) is 9.22. The summed E-state index contributed by atoms with van der Waals surface area (Å²) in [5, 5.41) is 0. The molecule has 0 aliphatic rings. The molecule has 0 N–H and O–H groups in total. The lowest BCUT2D eigenvalue weighted by Gasteiger charge is -2.19. The first-order valence-electron chi connectivity index (χ1n) is 6.49. The van der Waals surface area contributed by atoms with Gasteiger partial charge in [-0.1, -0.05) is 66.7 Å². The first-order chi connectivity index (χ1) is 7.41. The summed E-state index contributed by atoms with van der Waals surface area (Å²) < 4.78 is 0. The van der Waals surface area contributed by atoms with Gasteiger partial charge in [0.25, 0.3) is 0 Å². The van der Waals surface area contributed by atoms with Crippen LogP contribution in [0.15, 0.2) is 18.2 Å². The number of aryl methyl sites for hydroxylation is 2. The molecule has 0 fully saturated rings. The zero-order valence-electron chi connectivity index (χ0n) is 12.7. The Labute approximate surface area is 103 Å². The molecular weight excluding hydrogens is 192 g/mol. The number of hydrogen-bond acceptors (Lipinski definition) is 0. The molecule has 0 heterocycles. The lowest BCUT2D eigenvalue weighted by molar-refractivity contribution is 0.589. The fourth-order valence-corrected chi connectivity index (χ4v) is 1.21. The molecule has 0 aromatic heterocycles. The summed E-state index contributed by atoms with van der Waals surface area (Å²) in [5.74, 6) is 0. The van der Waals surface area contributed by atoms with E-state index >= 15 is 0 Å². The highest BCUT2D eigenvalue weighted by Crippen LogP contribution is 2.23. The van der Waals surface area contributed by atoms with Crippen LogP contribution in [0.5, 0.6) is 0 Å². The van der Waals surface area contributed by atoms with Crippen molar-refractivity contribution in [2.45, 2.75) is 67.7 Å². The maximum Gasteiger partial charge on any atom is -0.0132 e. The van der Waals surface area contributed by atoms with Crippen molar-refractivity contribution in [3.8, 4) is 0 Å². The quantitative estimate of drug-likeness (QED) is 0.532. The third kappa shape index (κ3) is 5.95. The Hall–Kier alpha value is -0.780. The van der Waals surface area contributed by atoms with E-state index < -0.39 is 0 Å². The van der Waals surface area contributed by atoms with Crippen LogP contribution in [0.3, 0.4) is 0 Å². The molecule has 0 aliphatic carbocycles. The van der Waals surface area contributed by atoms with Crippen LogP contribution in [-0.4, -0.2) is 0 Å². The molecular formula is C16H30. The van der Waals surface area contributed by atoms with Gasteiger partial charge < -0.3 is 0 Å². The summed E-state index contributed by atoms with van der Waals surface area (Å²) in [4.78, 5) is 0. The maximum absolute atomic E-state index is 2.29. The van der Waals surface area contributed by atoms with Gasteiger partial charge in [0.05, 0.1) is 0 Å². The van der Waals surface area contributed by atoms with Crippen molar-refractivity contribution < 1.29 is 0 Å². The average Bonchev–Trinajstić information content (AvgIpc) is 2.26. The average molecular weight is 222 g/mol. The first-order valence-corrected chi connectivity index (χ1v) is 6.49. The van der Waals surface area contributed by atoms with Crippen molar-refractivity contribution in [1.82, 2.24) is 0 Å². The van der Waals surface area contributed by atoms with Crippen molar-refractivity contribution in [3.05, 3.63) is 34.9 Å². The molecule has 0 nitrogen and oxygen atoms in total. The third-order valence-electron chi connectivity index (χ3n) is 2.37. The molecule has 0 amide bonds. The molecule has 0 heteroatoms. The number of rotatable bonds is 0. The normalized spacial score (nSPS) is 9.56. The van der Waals surface area contributed by atoms with Gasteiger partial charge in [0.2, 0.25) is 0 Å². The lowest BCUT2D eigenvalue weighted by Crippen LogP contribution is -2.11. The van der Waals surface area contributed by atoms with Crippen LogP contribution in [0.4, 0.5) is 0 Å². The van der Waals surface area contributed by atoms with Crippen LogP contribution in [0, 0.1) is 13.8 Å². The molecule has 16 heavy (non-hydrogen) atoms. The van der Waals surface area contributed by atoms with Crippen molar-refractivity contribution >= 4 is 0 Å². The van der Waals surface area contributed by atoms with Crippen LogP contribution < -0.4 is 0 Å². The minimum absolute atomic E-state index is 0.276. The molecule has 0 aliphatic heterocycles. The van der Waals surface area contributed by atoms with Gasteiger partial charge in [0, 0.05) is 0 Å². The predicted molar refractivity (Wildman–Crippen MR) is 77.3 cm³/mol. The fraction of sp³-hybridized carbons (Fsp3) is 0.625. The Morgan fingerprint density at radius 1 is 0.750 bits per heavy atom. The van der Waals surface area contributed by atoms with E-state index in [1.807, 2.05) is 27.7 Å². The monoisotopic (exact) mass is 222 g/mol. The van der Waals surface area contributed by atoms with E-state index in [1.165, 1.54) is 16.7 Å². The smallest absolute Gasteiger partial charge is 0.0132 e. The highest BCUT2D eigenvalue weighted by Gasteiger charge is 2.13. The molecule has 0 spiro atoms. The van der Waals surface area contributed by atoms with Crippen LogP contribution in [0.2, 0.25) is 0 Å². The summed E-state index contributed by atoms with van der Waals surface area (Å²) in [5.41, 5.74) is 4.47. The first kappa shape index (κ1) is 17.6. The molecule has 0 saturated heterocycles. The molecule has 1 aromatic carbocycles. The second-order valence-electron chi connectivity index (χ2n) is 4.55. The lowest BCUT2D eigenvalue weighted by atomic mass is 9.85. The van der Waals surface area contributed by atoms with Crippen LogP contribution in [0.1, 0.15) is 65.2 Å². The molecule has 1 rings (SSSR count). The van der Waals surface area contributed by atoms with Gasteiger partial charge in [-0.2, -0.15) is 0 Å². The van der Waals surface area contributed by atoms with Gasteiger partial charge in [-0.25, -0.2) is 0 Å². The summed E-state index contributed by atoms with van der Waals surface area (Å²) in [6, 6.07) is 6.72. The van der Waals surface area contributed by atoms with E-state index in [9.17, 15) is 0 Å². The minimum atomic E-state index is 0.276. The van der Waals surface area contributed by atoms with E-state index in [0.29, 0.717) is 0 Å². The fourth-order valence-electron chi connectivity index (χ4n) is 1.21. The van der Waals surface area contributed by atoms with Gasteiger partial charge in [0.15, 0.2) is 0 Å². The van der Waals surface area contributed by atoms with Crippen molar-refractivity contribution in [3.63, 3.8) is 0 Å². The van der Waals surface area contributed by atoms with Gasteiger partial charge in [-0.15, -0.1) is 0 Å². The Morgan fingerprint density at radius 2 is 1.19 bits per heavy atom.